The molecule has 0 aliphatic carbocycles. The first-order valence-electron chi connectivity index (χ1n) is 14.7. The van der Waals surface area contributed by atoms with Gasteiger partial charge >= 0.3 is 11.9 Å². The number of rotatable bonds is 11. The monoisotopic (exact) mass is 556 g/mol. The van der Waals surface area contributed by atoms with Crippen molar-refractivity contribution in [3.05, 3.63) is 71.4 Å². The number of aliphatic hydroxyl groups is 2. The second-order valence-electron chi connectivity index (χ2n) is 11.3. The summed E-state index contributed by atoms with van der Waals surface area (Å²) in [5.74, 6) is -0.184. The lowest BCUT2D eigenvalue weighted by Crippen LogP contribution is -2.26. The van der Waals surface area contributed by atoms with Gasteiger partial charge in [-0.05, 0) is 58.3 Å². The van der Waals surface area contributed by atoms with Gasteiger partial charge in [-0.1, -0.05) is 99.4 Å². The van der Waals surface area contributed by atoms with E-state index in [4.69, 9.17) is 9.47 Å². The Balaban J connectivity index is 2.73. The van der Waals surface area contributed by atoms with Crippen LogP contribution in [-0.2, 0) is 19.1 Å². The van der Waals surface area contributed by atoms with Gasteiger partial charge in [0.2, 0.25) is 0 Å². The van der Waals surface area contributed by atoms with Crippen LogP contribution in [0.25, 0.3) is 0 Å². The minimum Gasteiger partial charge on any atom is -0.462 e. The Morgan fingerprint density at radius 1 is 1.07 bits per heavy atom. The number of aliphatic hydroxyl groups excluding tert-OH is 2. The standard InChI is InChI=1S/C34H52O6/c1-8-13-29(35)30(36)23-26(5)15-11-14-25(4)22-27(6)20-21-34(38)40-32-18-12-19-33(37)39-31(24(2)3)17-10-9-16-28(32)7/h9-11,14-15,20-24,28-32,35-36H,8,12-13,16-19H2,1-7H3/b10-9+,15-11+,21-20+,25-14?,26-23+,27-22?/t28-,29+,30+,31+,32-/m0/s1. The molecule has 6 nitrogen and oxygen atoms in total. The van der Waals surface area contributed by atoms with Crippen LogP contribution in [0.5, 0.6) is 0 Å². The van der Waals surface area contributed by atoms with Crippen molar-refractivity contribution in [3.8, 4) is 0 Å². The number of esters is 2. The average Bonchev–Trinajstić information content (AvgIpc) is 2.87. The maximum Gasteiger partial charge on any atom is 0.331 e. The molecule has 0 spiro atoms. The highest BCUT2D eigenvalue weighted by atomic mass is 16.5. The van der Waals surface area contributed by atoms with Crippen molar-refractivity contribution in [1.82, 2.24) is 0 Å². The van der Waals surface area contributed by atoms with Gasteiger partial charge in [-0.15, -0.1) is 0 Å². The fourth-order valence-corrected chi connectivity index (χ4v) is 4.38. The van der Waals surface area contributed by atoms with E-state index in [9.17, 15) is 19.8 Å². The molecule has 0 aromatic heterocycles. The zero-order valence-corrected chi connectivity index (χ0v) is 25.6. The van der Waals surface area contributed by atoms with Gasteiger partial charge in [-0.3, -0.25) is 4.79 Å². The molecule has 0 saturated heterocycles. The molecule has 1 aliphatic rings. The molecule has 40 heavy (non-hydrogen) atoms. The summed E-state index contributed by atoms with van der Waals surface area (Å²) in [4.78, 5) is 24.9. The zero-order valence-electron chi connectivity index (χ0n) is 25.6. The summed E-state index contributed by atoms with van der Waals surface area (Å²) in [5, 5.41) is 19.9. The van der Waals surface area contributed by atoms with Gasteiger partial charge in [0.05, 0.1) is 12.2 Å². The van der Waals surface area contributed by atoms with E-state index in [-0.39, 0.29) is 30.0 Å². The highest BCUT2D eigenvalue weighted by Crippen LogP contribution is 2.22. The summed E-state index contributed by atoms with van der Waals surface area (Å²) in [5.41, 5.74) is 2.77. The summed E-state index contributed by atoms with van der Waals surface area (Å²) in [6.45, 7) is 13.9. The number of allylic oxidation sites excluding steroid dienone is 9. The topological polar surface area (TPSA) is 93.1 Å². The molecule has 0 saturated carbocycles. The van der Waals surface area contributed by atoms with E-state index in [1.807, 2.05) is 52.0 Å². The molecule has 0 bridgehead atoms. The van der Waals surface area contributed by atoms with Gasteiger partial charge in [0.15, 0.2) is 0 Å². The predicted molar refractivity (Wildman–Crippen MR) is 162 cm³/mol. The number of ether oxygens (including phenoxy) is 2. The SMILES string of the molecule is CCC[C@@H](O)[C@H](O)/C=C(C)/C=C/C=C(C)C=C(C)/C=C/C(=O)O[C@H]1CCCC(=O)O[C@@H](C(C)C)C/C=C/C[C@@H]1C. The molecule has 0 aromatic rings. The fraction of sp³-hybridized carbons (Fsp3) is 0.588. The molecule has 1 aliphatic heterocycles. The molecule has 224 valence electrons. The lowest BCUT2D eigenvalue weighted by atomic mass is 9.94. The summed E-state index contributed by atoms with van der Waals surface area (Å²) in [6, 6.07) is 0. The molecule has 5 atom stereocenters. The predicted octanol–water partition coefficient (Wildman–Crippen LogP) is 7.10. The van der Waals surface area contributed by atoms with Gasteiger partial charge in [0.25, 0.3) is 0 Å². The molecule has 1 heterocycles. The van der Waals surface area contributed by atoms with Gasteiger partial charge < -0.3 is 19.7 Å². The quantitative estimate of drug-likeness (QED) is 0.122. The second kappa shape index (κ2) is 19.4. The maximum absolute atomic E-state index is 12.6. The van der Waals surface area contributed by atoms with Crippen LogP contribution >= 0.6 is 0 Å². The zero-order chi connectivity index (χ0) is 30.1. The van der Waals surface area contributed by atoms with E-state index in [0.29, 0.717) is 32.1 Å². The van der Waals surface area contributed by atoms with E-state index in [1.165, 1.54) is 6.08 Å². The minimum atomic E-state index is -0.874. The van der Waals surface area contributed by atoms with E-state index < -0.39 is 18.2 Å². The first kappa shape index (κ1) is 35.3. The van der Waals surface area contributed by atoms with Crippen molar-refractivity contribution in [1.29, 1.82) is 0 Å². The highest BCUT2D eigenvalue weighted by Gasteiger charge is 2.23. The Bertz CT molecular complexity index is 965. The number of hydrogen-bond donors (Lipinski definition) is 2. The first-order valence-corrected chi connectivity index (χ1v) is 14.7. The van der Waals surface area contributed by atoms with Crippen LogP contribution < -0.4 is 0 Å². The number of cyclic esters (lactones) is 1. The van der Waals surface area contributed by atoms with Crippen molar-refractivity contribution < 1.29 is 29.3 Å². The minimum absolute atomic E-state index is 0.103. The Hall–Kier alpha value is -2.70. The fourth-order valence-electron chi connectivity index (χ4n) is 4.38. The third-order valence-electron chi connectivity index (χ3n) is 6.91. The van der Waals surface area contributed by atoms with Gasteiger partial charge in [-0.25, -0.2) is 4.79 Å². The van der Waals surface area contributed by atoms with Gasteiger partial charge in [-0.2, -0.15) is 0 Å². The van der Waals surface area contributed by atoms with Crippen molar-refractivity contribution in [2.24, 2.45) is 11.8 Å². The number of carbonyl (C=O) groups is 2. The van der Waals surface area contributed by atoms with E-state index in [1.54, 1.807) is 12.2 Å². The second-order valence-corrected chi connectivity index (χ2v) is 11.3. The van der Waals surface area contributed by atoms with Crippen LogP contribution in [0.3, 0.4) is 0 Å². The molecule has 2 N–H and O–H groups in total. The molecule has 0 unspecified atom stereocenters. The van der Waals surface area contributed by atoms with Crippen LogP contribution in [0, 0.1) is 11.8 Å². The third-order valence-corrected chi connectivity index (χ3v) is 6.91. The molecule has 0 radical (unpaired) electrons. The Kier molecular flexibility index (Phi) is 17.1. The van der Waals surface area contributed by atoms with Gasteiger partial charge in [0.1, 0.15) is 12.2 Å². The average molecular weight is 557 g/mol. The summed E-state index contributed by atoms with van der Waals surface area (Å²) in [6.07, 6.45) is 19.1. The smallest absolute Gasteiger partial charge is 0.331 e. The molecule has 0 aromatic carbocycles. The Morgan fingerprint density at radius 3 is 2.45 bits per heavy atom. The third kappa shape index (κ3) is 15.2. The lowest BCUT2D eigenvalue weighted by Gasteiger charge is -2.24. The Labute approximate surface area is 242 Å². The lowest BCUT2D eigenvalue weighted by molar-refractivity contribution is -0.151. The largest absolute Gasteiger partial charge is 0.462 e. The summed E-state index contributed by atoms with van der Waals surface area (Å²) < 4.78 is 11.4. The number of hydrogen-bond acceptors (Lipinski definition) is 6. The Morgan fingerprint density at radius 2 is 1.77 bits per heavy atom. The van der Waals surface area contributed by atoms with Gasteiger partial charge in [0, 0.05) is 18.9 Å². The van der Waals surface area contributed by atoms with Crippen LogP contribution in [-0.4, -0.2) is 46.6 Å². The summed E-state index contributed by atoms with van der Waals surface area (Å²) in [7, 11) is 0. The molecular formula is C34H52O6. The van der Waals surface area contributed by atoms with Crippen LogP contribution in [0.1, 0.15) is 93.4 Å². The molecule has 0 amide bonds. The van der Waals surface area contributed by atoms with Crippen molar-refractivity contribution >= 4 is 11.9 Å². The van der Waals surface area contributed by atoms with E-state index in [0.717, 1.165) is 29.6 Å². The number of carbonyl (C=O) groups excluding carboxylic acids is 2. The van der Waals surface area contributed by atoms with Crippen LogP contribution in [0.15, 0.2) is 71.4 Å². The summed E-state index contributed by atoms with van der Waals surface area (Å²) >= 11 is 0. The van der Waals surface area contributed by atoms with Crippen molar-refractivity contribution in [2.45, 2.75) is 118 Å². The van der Waals surface area contributed by atoms with Crippen molar-refractivity contribution in [2.75, 3.05) is 0 Å². The van der Waals surface area contributed by atoms with Crippen LogP contribution in [0.4, 0.5) is 0 Å². The highest BCUT2D eigenvalue weighted by molar-refractivity contribution is 5.82. The normalized spacial score (nSPS) is 24.9. The molecule has 6 heteroatoms. The molecular weight excluding hydrogens is 504 g/mol. The van der Waals surface area contributed by atoms with Crippen molar-refractivity contribution in [3.63, 3.8) is 0 Å². The first-order chi connectivity index (χ1) is 18.9. The molecule has 1 rings (SSSR count). The van der Waals surface area contributed by atoms with Crippen LogP contribution in [0.2, 0.25) is 0 Å². The van der Waals surface area contributed by atoms with E-state index in [2.05, 4.69) is 32.9 Å². The molecule has 0 fully saturated rings. The van der Waals surface area contributed by atoms with E-state index >= 15 is 0 Å². The maximum atomic E-state index is 12.6.